The minimum absolute atomic E-state index is 0.0770. The third-order valence-corrected chi connectivity index (χ3v) is 5.67. The molecule has 1 aromatic carbocycles. The van der Waals surface area contributed by atoms with Crippen LogP contribution in [0.2, 0.25) is 0 Å². The van der Waals surface area contributed by atoms with Crippen LogP contribution in [0.3, 0.4) is 0 Å². The van der Waals surface area contributed by atoms with E-state index in [1.807, 2.05) is 6.92 Å². The topological polar surface area (TPSA) is 155 Å². The molecule has 0 radical (unpaired) electrons. The molecule has 37 heavy (non-hydrogen) atoms. The first kappa shape index (κ1) is 32.1. The number of benzene rings is 1. The summed E-state index contributed by atoms with van der Waals surface area (Å²) in [6.45, 7) is 5.68. The molecule has 0 bridgehead atoms. The molecule has 210 valence electrons. The molecule has 1 unspecified atom stereocenters. The number of halogens is 3. The highest BCUT2D eigenvalue weighted by Crippen LogP contribution is 2.25. The lowest BCUT2D eigenvalue weighted by Crippen LogP contribution is -2.39. The fraction of sp³-hybridized carbons (Fsp3) is 0.591. The Kier molecular flexibility index (Phi) is 12.3. The monoisotopic (exact) mass is 557 g/mol. The quantitative estimate of drug-likeness (QED) is 0.151. The highest BCUT2D eigenvalue weighted by atomic mass is 32.2. The van der Waals surface area contributed by atoms with Crippen molar-refractivity contribution in [1.29, 1.82) is 0 Å². The summed E-state index contributed by atoms with van der Waals surface area (Å²) >= 11 is 0. The van der Waals surface area contributed by atoms with Crippen LogP contribution >= 0.6 is 0 Å². The molecule has 0 aliphatic heterocycles. The Bertz CT molecular complexity index is 1010. The predicted octanol–water partition coefficient (Wildman–Crippen LogP) is 2.88. The van der Waals surface area contributed by atoms with Crippen LogP contribution in [0.5, 0.6) is 0 Å². The Balaban J connectivity index is 2.36. The molecule has 0 aliphatic rings. The number of hydrogen-bond acceptors (Lipinski definition) is 9. The Morgan fingerprint density at radius 2 is 1.65 bits per heavy atom. The summed E-state index contributed by atoms with van der Waals surface area (Å²) in [5.74, 6) is -3.62. The lowest BCUT2D eigenvalue weighted by molar-refractivity contribution is -0.197. The van der Waals surface area contributed by atoms with E-state index in [0.717, 1.165) is 12.1 Å². The van der Waals surface area contributed by atoms with E-state index in [9.17, 15) is 36.0 Å². The number of esters is 2. The summed E-state index contributed by atoms with van der Waals surface area (Å²) < 4.78 is 88.3. The van der Waals surface area contributed by atoms with E-state index in [1.54, 1.807) is 13.8 Å². The molecule has 1 amide bonds. The van der Waals surface area contributed by atoms with Gasteiger partial charge in [0.1, 0.15) is 19.0 Å². The van der Waals surface area contributed by atoms with Gasteiger partial charge in [-0.15, -0.1) is 0 Å². The molecule has 0 aliphatic carbocycles. The van der Waals surface area contributed by atoms with Crippen molar-refractivity contribution in [2.45, 2.75) is 46.1 Å². The fourth-order valence-electron chi connectivity index (χ4n) is 2.38. The van der Waals surface area contributed by atoms with Gasteiger partial charge in [0.2, 0.25) is 6.10 Å². The first-order chi connectivity index (χ1) is 17.0. The van der Waals surface area contributed by atoms with Crippen LogP contribution in [0.4, 0.5) is 18.0 Å². The van der Waals surface area contributed by atoms with Crippen molar-refractivity contribution >= 4 is 28.1 Å². The fourth-order valence-corrected chi connectivity index (χ4v) is 3.02. The van der Waals surface area contributed by atoms with Crippen molar-refractivity contribution in [2.75, 3.05) is 32.1 Å². The zero-order chi connectivity index (χ0) is 28.3. The van der Waals surface area contributed by atoms with Crippen LogP contribution in [0.25, 0.3) is 0 Å². The number of nitrogens with one attached hydrogen (secondary N) is 1. The molecule has 0 saturated carbocycles. The number of carbonyl (C=O) groups is 3. The molecular weight excluding hydrogens is 527 g/mol. The van der Waals surface area contributed by atoms with E-state index in [2.05, 4.69) is 10.1 Å². The van der Waals surface area contributed by atoms with Crippen LogP contribution < -0.4 is 5.32 Å². The molecule has 0 spiro atoms. The standard InChI is InChI=1S/C22H30F3NO10S/c1-4-21(2,3)19(28)34-12-11-33-10-9-26-20(29)35-13-15-5-7-16(8-6-15)18(27)36-17(22(23,24)25)14-37(30,31)32/h5-8,17H,4,9-14H2,1-3H3,(H,26,29)(H,30,31,32). The van der Waals surface area contributed by atoms with Crippen molar-refractivity contribution in [3.05, 3.63) is 35.4 Å². The van der Waals surface area contributed by atoms with Crippen LogP contribution in [0.1, 0.15) is 43.1 Å². The maximum atomic E-state index is 12.9. The van der Waals surface area contributed by atoms with E-state index in [0.29, 0.717) is 12.0 Å². The van der Waals surface area contributed by atoms with Gasteiger partial charge in [0.15, 0.2) is 0 Å². The predicted molar refractivity (Wildman–Crippen MR) is 122 cm³/mol. The van der Waals surface area contributed by atoms with Crippen molar-refractivity contribution in [2.24, 2.45) is 5.41 Å². The number of hydrogen-bond donors (Lipinski definition) is 2. The molecule has 1 rings (SSSR count). The Hall–Kier alpha value is -2.91. The Morgan fingerprint density at radius 1 is 1.03 bits per heavy atom. The lowest BCUT2D eigenvalue weighted by atomic mass is 9.91. The van der Waals surface area contributed by atoms with Crippen LogP contribution in [0.15, 0.2) is 24.3 Å². The number of ether oxygens (including phenoxy) is 4. The van der Waals surface area contributed by atoms with Gasteiger partial charge in [-0.3, -0.25) is 9.35 Å². The van der Waals surface area contributed by atoms with Crippen molar-refractivity contribution < 1.29 is 59.5 Å². The SMILES string of the molecule is CCC(C)(C)C(=O)OCCOCCNC(=O)OCc1ccc(C(=O)OC(CS(=O)(=O)O)C(F)(F)F)cc1. The molecule has 2 N–H and O–H groups in total. The second-order valence-electron chi connectivity index (χ2n) is 8.37. The second kappa shape index (κ2) is 14.1. The molecule has 15 heteroatoms. The minimum atomic E-state index is -5.21. The lowest BCUT2D eigenvalue weighted by Gasteiger charge is -2.20. The highest BCUT2D eigenvalue weighted by molar-refractivity contribution is 7.85. The van der Waals surface area contributed by atoms with E-state index < -0.39 is 45.6 Å². The van der Waals surface area contributed by atoms with Gasteiger partial charge in [-0.1, -0.05) is 19.1 Å². The summed E-state index contributed by atoms with van der Waals surface area (Å²) in [6.07, 6.45) is -8.40. The second-order valence-corrected chi connectivity index (χ2v) is 9.87. The van der Waals surface area contributed by atoms with Gasteiger partial charge in [0.25, 0.3) is 10.1 Å². The maximum Gasteiger partial charge on any atom is 0.426 e. The van der Waals surface area contributed by atoms with Gasteiger partial charge < -0.3 is 24.3 Å². The van der Waals surface area contributed by atoms with Gasteiger partial charge in [-0.25, -0.2) is 9.59 Å². The Labute approximate surface area is 212 Å². The number of carbonyl (C=O) groups excluding carboxylic acids is 3. The summed E-state index contributed by atoms with van der Waals surface area (Å²) in [4.78, 5) is 35.5. The third-order valence-electron chi connectivity index (χ3n) is 4.95. The van der Waals surface area contributed by atoms with Crippen molar-refractivity contribution in [1.82, 2.24) is 5.32 Å². The van der Waals surface area contributed by atoms with E-state index >= 15 is 0 Å². The average molecular weight is 558 g/mol. The van der Waals surface area contributed by atoms with Crippen molar-refractivity contribution in [3.8, 4) is 0 Å². The largest absolute Gasteiger partial charge is 0.463 e. The smallest absolute Gasteiger partial charge is 0.426 e. The number of alkyl halides is 3. The molecule has 1 atom stereocenters. The normalized spacial score (nSPS) is 12.9. The molecule has 0 aromatic heterocycles. The highest BCUT2D eigenvalue weighted by Gasteiger charge is 2.45. The molecule has 11 nitrogen and oxygen atoms in total. The van der Waals surface area contributed by atoms with Gasteiger partial charge in [-0.05, 0) is 38.0 Å². The Morgan fingerprint density at radius 3 is 2.19 bits per heavy atom. The van der Waals surface area contributed by atoms with Crippen LogP contribution in [-0.4, -0.2) is 75.4 Å². The number of rotatable bonds is 14. The van der Waals surface area contributed by atoms with Crippen LogP contribution in [0, 0.1) is 5.41 Å². The third kappa shape index (κ3) is 12.7. The summed E-state index contributed by atoms with van der Waals surface area (Å²) in [5.41, 5.74) is -0.500. The van der Waals surface area contributed by atoms with Crippen LogP contribution in [-0.2, 0) is 40.5 Å². The van der Waals surface area contributed by atoms with E-state index in [-0.39, 0.29) is 44.5 Å². The van der Waals surface area contributed by atoms with Gasteiger partial charge in [0, 0.05) is 6.54 Å². The number of amides is 1. The zero-order valence-corrected chi connectivity index (χ0v) is 21.3. The summed E-state index contributed by atoms with van der Waals surface area (Å²) in [6, 6.07) is 4.78. The molecule has 0 saturated heterocycles. The van der Waals surface area contributed by atoms with Gasteiger partial charge in [0.05, 0.1) is 24.2 Å². The first-order valence-electron chi connectivity index (χ1n) is 11.0. The molecule has 1 aromatic rings. The summed E-state index contributed by atoms with van der Waals surface area (Å²) in [7, 11) is -5.06. The zero-order valence-electron chi connectivity index (χ0n) is 20.5. The van der Waals surface area contributed by atoms with E-state index in [4.69, 9.17) is 18.8 Å². The van der Waals surface area contributed by atoms with Gasteiger partial charge >= 0.3 is 24.2 Å². The molecule has 0 heterocycles. The first-order valence-corrected chi connectivity index (χ1v) is 12.6. The number of alkyl carbamates (subject to hydrolysis) is 1. The average Bonchev–Trinajstić information content (AvgIpc) is 2.80. The van der Waals surface area contributed by atoms with E-state index in [1.165, 1.54) is 12.1 Å². The minimum Gasteiger partial charge on any atom is -0.463 e. The molecular formula is C22H30F3NO10S. The van der Waals surface area contributed by atoms with Crippen molar-refractivity contribution in [3.63, 3.8) is 0 Å². The molecule has 0 fully saturated rings. The summed E-state index contributed by atoms with van der Waals surface area (Å²) in [5, 5.41) is 2.43. The maximum absolute atomic E-state index is 12.9. The van der Waals surface area contributed by atoms with Gasteiger partial charge in [-0.2, -0.15) is 21.6 Å².